The van der Waals surface area contributed by atoms with Gasteiger partial charge in [-0.3, -0.25) is 0 Å². The third-order valence-electron chi connectivity index (χ3n) is 2.60. The lowest BCUT2D eigenvalue weighted by Gasteiger charge is -2.09. The summed E-state index contributed by atoms with van der Waals surface area (Å²) >= 11 is 0. The summed E-state index contributed by atoms with van der Waals surface area (Å²) < 4.78 is 32.1. The number of para-hydroxylation sites is 1. The highest BCUT2D eigenvalue weighted by molar-refractivity contribution is 6.58. The third kappa shape index (κ3) is 3.30. The highest BCUT2D eigenvalue weighted by atomic mass is 19.1. The molecule has 0 saturated heterocycles. The fraction of sp³-hybridized carbons (Fsp3) is 0.0769. The normalized spacial score (nSPS) is 10.3. The van der Waals surface area contributed by atoms with Crippen molar-refractivity contribution in [1.29, 1.82) is 0 Å². The van der Waals surface area contributed by atoms with E-state index < -0.39 is 18.8 Å². The number of halogens is 2. The van der Waals surface area contributed by atoms with Crippen molar-refractivity contribution in [3.05, 3.63) is 59.7 Å². The van der Waals surface area contributed by atoms with Gasteiger partial charge in [0.15, 0.2) is 11.6 Å². The highest BCUT2D eigenvalue weighted by Gasteiger charge is 2.14. The van der Waals surface area contributed by atoms with Crippen molar-refractivity contribution in [2.24, 2.45) is 0 Å². The molecule has 0 unspecified atom stereocenters. The van der Waals surface area contributed by atoms with Gasteiger partial charge in [0.2, 0.25) is 0 Å². The second kappa shape index (κ2) is 5.82. The molecular weight excluding hydrogens is 253 g/mol. The summed E-state index contributed by atoms with van der Waals surface area (Å²) in [6, 6.07) is 9.57. The molecule has 98 valence electrons. The van der Waals surface area contributed by atoms with Gasteiger partial charge in [0.25, 0.3) is 0 Å². The van der Waals surface area contributed by atoms with Crippen LogP contribution >= 0.6 is 0 Å². The van der Waals surface area contributed by atoms with E-state index in [0.717, 1.165) is 6.07 Å². The molecule has 2 rings (SSSR count). The molecule has 2 aromatic carbocycles. The first-order valence-electron chi connectivity index (χ1n) is 5.59. The molecule has 0 spiro atoms. The van der Waals surface area contributed by atoms with Gasteiger partial charge in [0, 0.05) is 5.56 Å². The molecule has 2 aromatic rings. The molecular formula is C13H11BF2O3. The van der Waals surface area contributed by atoms with Crippen molar-refractivity contribution in [1.82, 2.24) is 0 Å². The maximum absolute atomic E-state index is 13.6. The summed E-state index contributed by atoms with van der Waals surface area (Å²) in [5.74, 6) is -1.12. The first-order chi connectivity index (χ1) is 9.08. The second-order valence-corrected chi connectivity index (χ2v) is 3.94. The number of ether oxygens (including phenoxy) is 1. The van der Waals surface area contributed by atoms with Gasteiger partial charge in [-0.05, 0) is 23.7 Å². The van der Waals surface area contributed by atoms with E-state index in [2.05, 4.69) is 0 Å². The van der Waals surface area contributed by atoms with Gasteiger partial charge in [-0.15, -0.1) is 0 Å². The van der Waals surface area contributed by atoms with Gasteiger partial charge in [-0.25, -0.2) is 8.78 Å². The van der Waals surface area contributed by atoms with Gasteiger partial charge in [0.05, 0.1) is 0 Å². The van der Waals surface area contributed by atoms with E-state index in [4.69, 9.17) is 14.8 Å². The van der Waals surface area contributed by atoms with Crippen LogP contribution in [0.15, 0.2) is 42.5 Å². The highest BCUT2D eigenvalue weighted by Crippen LogP contribution is 2.17. The molecule has 0 aliphatic heterocycles. The molecule has 6 heteroatoms. The molecule has 0 heterocycles. The molecule has 0 amide bonds. The molecule has 0 aliphatic carbocycles. The summed E-state index contributed by atoms with van der Waals surface area (Å²) in [7, 11) is -1.73. The van der Waals surface area contributed by atoms with Gasteiger partial charge < -0.3 is 14.8 Å². The van der Waals surface area contributed by atoms with Crippen LogP contribution in [-0.2, 0) is 6.61 Å². The van der Waals surface area contributed by atoms with Gasteiger partial charge in [-0.1, -0.05) is 24.3 Å². The molecule has 0 atom stereocenters. The van der Waals surface area contributed by atoms with Gasteiger partial charge >= 0.3 is 7.12 Å². The van der Waals surface area contributed by atoms with Gasteiger partial charge in [-0.2, -0.15) is 0 Å². The Labute approximate surface area is 109 Å². The van der Waals surface area contributed by atoms with E-state index in [1.165, 1.54) is 30.3 Å². The zero-order valence-electron chi connectivity index (χ0n) is 9.88. The fourth-order valence-corrected chi connectivity index (χ4v) is 1.56. The Kier molecular flexibility index (Phi) is 4.14. The topological polar surface area (TPSA) is 49.7 Å². The van der Waals surface area contributed by atoms with Crippen LogP contribution in [0.3, 0.4) is 0 Å². The minimum Gasteiger partial charge on any atom is -0.486 e. The number of benzene rings is 2. The van der Waals surface area contributed by atoms with Crippen molar-refractivity contribution in [2.75, 3.05) is 0 Å². The largest absolute Gasteiger partial charge is 0.488 e. The average Bonchev–Trinajstić information content (AvgIpc) is 2.39. The molecule has 0 aromatic heterocycles. The van der Waals surface area contributed by atoms with Crippen LogP contribution in [-0.4, -0.2) is 17.2 Å². The number of hydrogen-bond donors (Lipinski definition) is 2. The summed E-state index contributed by atoms with van der Waals surface area (Å²) in [4.78, 5) is 0. The summed E-state index contributed by atoms with van der Waals surface area (Å²) in [5, 5.41) is 17.8. The zero-order chi connectivity index (χ0) is 13.8. The zero-order valence-corrected chi connectivity index (χ0v) is 9.88. The summed E-state index contributed by atoms with van der Waals surface area (Å²) in [5.41, 5.74) is 0.250. The Morgan fingerprint density at radius 3 is 2.37 bits per heavy atom. The minimum atomic E-state index is -1.73. The monoisotopic (exact) mass is 264 g/mol. The Morgan fingerprint density at radius 1 is 1.00 bits per heavy atom. The van der Waals surface area contributed by atoms with Crippen LogP contribution in [0.5, 0.6) is 5.75 Å². The Hall–Kier alpha value is -1.92. The lowest BCUT2D eigenvalue weighted by molar-refractivity contribution is 0.285. The van der Waals surface area contributed by atoms with E-state index in [1.807, 2.05) is 0 Å². The van der Waals surface area contributed by atoms with Crippen LogP contribution in [0.1, 0.15) is 5.56 Å². The molecule has 19 heavy (non-hydrogen) atoms. The number of rotatable bonds is 4. The van der Waals surface area contributed by atoms with Crippen molar-refractivity contribution in [3.63, 3.8) is 0 Å². The van der Waals surface area contributed by atoms with Crippen LogP contribution in [0, 0.1) is 11.6 Å². The molecule has 0 aliphatic rings. The van der Waals surface area contributed by atoms with E-state index in [9.17, 15) is 8.78 Å². The Balaban J connectivity index is 2.10. The van der Waals surface area contributed by atoms with Crippen LogP contribution < -0.4 is 10.2 Å². The lowest BCUT2D eigenvalue weighted by Crippen LogP contribution is -2.30. The molecule has 2 N–H and O–H groups in total. The smallest absolute Gasteiger partial charge is 0.486 e. The maximum atomic E-state index is 13.6. The SMILES string of the molecule is OB(O)c1ccc(COc2ccccc2F)c(F)c1. The molecule has 3 nitrogen and oxygen atoms in total. The van der Waals surface area contributed by atoms with Gasteiger partial charge in [0.1, 0.15) is 12.4 Å². The average molecular weight is 264 g/mol. The predicted octanol–water partition coefficient (Wildman–Crippen LogP) is 1.22. The van der Waals surface area contributed by atoms with Crippen molar-refractivity contribution in [2.45, 2.75) is 6.61 Å². The molecule has 0 saturated carbocycles. The summed E-state index contributed by atoms with van der Waals surface area (Å²) in [6.45, 7) is -0.144. The number of hydrogen-bond acceptors (Lipinski definition) is 3. The first-order valence-corrected chi connectivity index (χ1v) is 5.59. The lowest BCUT2D eigenvalue weighted by atomic mass is 9.80. The van der Waals surface area contributed by atoms with Crippen LogP contribution in [0.4, 0.5) is 8.78 Å². The first kappa shape index (κ1) is 13.5. The van der Waals surface area contributed by atoms with Crippen molar-refractivity contribution >= 4 is 12.6 Å². The van der Waals surface area contributed by atoms with E-state index in [1.54, 1.807) is 6.07 Å². The summed E-state index contributed by atoms with van der Waals surface area (Å²) in [6.07, 6.45) is 0. The Bertz CT molecular complexity index is 576. The maximum Gasteiger partial charge on any atom is 0.488 e. The van der Waals surface area contributed by atoms with Crippen molar-refractivity contribution < 1.29 is 23.6 Å². The quantitative estimate of drug-likeness (QED) is 0.816. The standard InChI is InChI=1S/C13H11BF2O3/c15-11-3-1-2-4-13(11)19-8-9-5-6-10(14(17)18)7-12(9)16/h1-7,17-18H,8H2. The molecule has 0 radical (unpaired) electrons. The predicted molar refractivity (Wildman–Crippen MR) is 67.0 cm³/mol. The molecule has 0 bridgehead atoms. The van der Waals surface area contributed by atoms with E-state index in [0.29, 0.717) is 0 Å². The second-order valence-electron chi connectivity index (χ2n) is 3.94. The van der Waals surface area contributed by atoms with E-state index in [-0.39, 0.29) is 23.4 Å². The van der Waals surface area contributed by atoms with E-state index >= 15 is 0 Å². The van der Waals surface area contributed by atoms with Crippen LogP contribution in [0.2, 0.25) is 0 Å². The van der Waals surface area contributed by atoms with Crippen LogP contribution in [0.25, 0.3) is 0 Å². The molecule has 0 fully saturated rings. The fourth-order valence-electron chi connectivity index (χ4n) is 1.56. The van der Waals surface area contributed by atoms with Crippen molar-refractivity contribution in [3.8, 4) is 5.75 Å². The third-order valence-corrected chi connectivity index (χ3v) is 2.60. The Morgan fingerprint density at radius 2 is 1.74 bits per heavy atom. The minimum absolute atomic E-state index is 0.0353.